The summed E-state index contributed by atoms with van der Waals surface area (Å²) < 4.78 is 0. The molecule has 0 atom stereocenters. The highest BCUT2D eigenvalue weighted by molar-refractivity contribution is 7.91. The van der Waals surface area contributed by atoms with Crippen LogP contribution < -0.4 is 0 Å². The quantitative estimate of drug-likeness (QED) is 0.295. The lowest BCUT2D eigenvalue weighted by Crippen LogP contribution is -2.18. The summed E-state index contributed by atoms with van der Waals surface area (Å²) in [4.78, 5) is 40.7. The molecule has 164 valence electrons. The van der Waals surface area contributed by atoms with Crippen molar-refractivity contribution in [3.05, 3.63) is 105 Å². The van der Waals surface area contributed by atoms with Crippen molar-refractivity contribution in [3.63, 3.8) is 0 Å². The molecule has 0 unspecified atom stereocenters. The van der Waals surface area contributed by atoms with Gasteiger partial charge >= 0.3 is 0 Å². The molecule has 0 spiro atoms. The van der Waals surface area contributed by atoms with Gasteiger partial charge in [0.05, 0.1) is 7.92 Å². The molecular weight excluding hydrogens is 415 g/mol. The summed E-state index contributed by atoms with van der Waals surface area (Å²) in [6.45, 7) is 11.6. The van der Waals surface area contributed by atoms with Crippen LogP contribution in [0.1, 0.15) is 64.5 Å². The first kappa shape index (κ1) is 23.8. The zero-order chi connectivity index (χ0) is 23.6. The van der Waals surface area contributed by atoms with Crippen molar-refractivity contribution in [1.29, 1.82) is 0 Å². The fraction of sp³-hybridized carbons (Fsp3) is 0.250. The van der Waals surface area contributed by atoms with E-state index >= 15 is 0 Å². The van der Waals surface area contributed by atoms with Crippen LogP contribution in [0.5, 0.6) is 0 Å². The van der Waals surface area contributed by atoms with Crippen LogP contribution in [0.25, 0.3) is 0 Å². The van der Waals surface area contributed by atoms with Crippen molar-refractivity contribution in [2.24, 2.45) is 0 Å². The molecule has 0 aliphatic carbocycles. The second-order valence-corrected chi connectivity index (χ2v) is 10.5. The maximum Gasteiger partial charge on any atom is 0.193 e. The minimum absolute atomic E-state index is 0.0868. The summed E-state index contributed by atoms with van der Waals surface area (Å²) >= 11 is 0. The third-order valence-electron chi connectivity index (χ3n) is 5.67. The summed E-state index contributed by atoms with van der Waals surface area (Å²) in [5, 5.41) is 0. The summed E-state index contributed by atoms with van der Waals surface area (Å²) in [5.41, 5.74) is 6.74. The summed E-state index contributed by atoms with van der Waals surface area (Å²) in [6, 6.07) is 16.7. The largest absolute Gasteiger partial charge is 0.294 e. The fourth-order valence-electron chi connectivity index (χ4n) is 4.40. The molecule has 0 saturated carbocycles. The fourth-order valence-corrected chi connectivity index (χ4v) is 6.59. The number of carbonyl (C=O) groups is 3. The molecule has 0 N–H and O–H groups in total. The standard InChI is InChI=1S/C28H29O3P/c1-17-12-19(3)25(20(4)13-17)27(30)32(16-24(29)23-10-8-7-9-11-23)28(31)26-21(5)14-18(2)15-22(26)6/h7-15H,16H2,1-6H3. The van der Waals surface area contributed by atoms with Crippen LogP contribution in [-0.4, -0.2) is 23.0 Å². The highest BCUT2D eigenvalue weighted by Crippen LogP contribution is 2.46. The molecule has 3 nitrogen and oxygen atoms in total. The molecule has 0 fully saturated rings. The normalized spacial score (nSPS) is 11.0. The zero-order valence-corrected chi connectivity index (χ0v) is 20.5. The molecule has 0 aliphatic rings. The Labute approximate surface area is 191 Å². The van der Waals surface area contributed by atoms with Crippen LogP contribution in [0.3, 0.4) is 0 Å². The molecule has 32 heavy (non-hydrogen) atoms. The number of hydrogen-bond donors (Lipinski definition) is 0. The summed E-state index contributed by atoms with van der Waals surface area (Å²) in [7, 11) is -1.91. The summed E-state index contributed by atoms with van der Waals surface area (Å²) in [5.74, 6) is -0.178. The topological polar surface area (TPSA) is 51.2 Å². The first-order chi connectivity index (χ1) is 15.1. The Morgan fingerprint density at radius 2 is 1.00 bits per heavy atom. The van der Waals surface area contributed by atoms with Crippen molar-refractivity contribution in [3.8, 4) is 0 Å². The van der Waals surface area contributed by atoms with Gasteiger partial charge in [0, 0.05) is 22.9 Å². The number of ketones is 1. The predicted molar refractivity (Wildman–Crippen MR) is 133 cm³/mol. The van der Waals surface area contributed by atoms with Crippen molar-refractivity contribution >= 4 is 24.8 Å². The first-order valence-electron chi connectivity index (χ1n) is 10.7. The lowest BCUT2D eigenvalue weighted by Gasteiger charge is -2.20. The maximum atomic E-state index is 13.8. The predicted octanol–water partition coefficient (Wildman–Crippen LogP) is 6.88. The lowest BCUT2D eigenvalue weighted by molar-refractivity contribution is 0.0995. The highest BCUT2D eigenvalue weighted by atomic mass is 31.1. The van der Waals surface area contributed by atoms with Gasteiger partial charge in [-0.2, -0.15) is 0 Å². The van der Waals surface area contributed by atoms with E-state index in [4.69, 9.17) is 0 Å². The van der Waals surface area contributed by atoms with Gasteiger partial charge in [0.25, 0.3) is 0 Å². The van der Waals surface area contributed by atoms with E-state index in [1.807, 2.05) is 71.9 Å². The Balaban J connectivity index is 2.11. The number of rotatable bonds is 7. The Morgan fingerprint density at radius 1 is 0.625 bits per heavy atom. The Hall–Kier alpha value is -2.90. The van der Waals surface area contributed by atoms with E-state index in [0.717, 1.165) is 33.4 Å². The van der Waals surface area contributed by atoms with Gasteiger partial charge in [-0.25, -0.2) is 0 Å². The lowest BCUT2D eigenvalue weighted by atomic mass is 10.0. The van der Waals surface area contributed by atoms with E-state index in [1.165, 1.54) is 0 Å². The van der Waals surface area contributed by atoms with Crippen LogP contribution in [0.15, 0.2) is 54.6 Å². The molecule has 0 heterocycles. The monoisotopic (exact) mass is 444 g/mol. The van der Waals surface area contributed by atoms with Gasteiger partial charge in [0.15, 0.2) is 16.8 Å². The van der Waals surface area contributed by atoms with Gasteiger partial charge in [-0.15, -0.1) is 0 Å². The van der Waals surface area contributed by atoms with E-state index in [0.29, 0.717) is 16.7 Å². The highest BCUT2D eigenvalue weighted by Gasteiger charge is 2.34. The molecule has 0 radical (unpaired) electrons. The Kier molecular flexibility index (Phi) is 7.21. The SMILES string of the molecule is Cc1cc(C)c(C(=O)P(CC(=O)c2ccccc2)C(=O)c2c(C)cc(C)cc2C)c(C)c1. The minimum Gasteiger partial charge on any atom is -0.294 e. The smallest absolute Gasteiger partial charge is 0.193 e. The average molecular weight is 445 g/mol. The minimum atomic E-state index is -1.91. The molecule has 3 rings (SSSR count). The van der Waals surface area contributed by atoms with Crippen LogP contribution >= 0.6 is 7.92 Å². The summed E-state index contributed by atoms with van der Waals surface area (Å²) in [6.07, 6.45) is -0.0868. The number of aryl methyl sites for hydroxylation is 6. The van der Waals surface area contributed by atoms with Gasteiger partial charge in [0.2, 0.25) is 0 Å². The molecule has 4 heteroatoms. The average Bonchev–Trinajstić information content (AvgIpc) is 2.70. The van der Waals surface area contributed by atoms with E-state index in [2.05, 4.69) is 0 Å². The third kappa shape index (κ3) is 4.95. The van der Waals surface area contributed by atoms with E-state index in [9.17, 15) is 14.4 Å². The van der Waals surface area contributed by atoms with Gasteiger partial charge in [-0.05, 0) is 63.8 Å². The molecule has 0 aromatic heterocycles. The van der Waals surface area contributed by atoms with E-state index < -0.39 is 7.92 Å². The number of benzene rings is 3. The second kappa shape index (κ2) is 9.71. The van der Waals surface area contributed by atoms with Crippen LogP contribution in [0.4, 0.5) is 0 Å². The molecule has 0 saturated heterocycles. The van der Waals surface area contributed by atoms with Gasteiger partial charge in [-0.3, -0.25) is 14.4 Å². The zero-order valence-electron chi connectivity index (χ0n) is 19.6. The van der Waals surface area contributed by atoms with Crippen molar-refractivity contribution < 1.29 is 14.4 Å². The first-order valence-corrected chi connectivity index (χ1v) is 12.2. The Morgan fingerprint density at radius 3 is 1.38 bits per heavy atom. The van der Waals surface area contributed by atoms with E-state index in [-0.39, 0.29) is 23.0 Å². The molecular formula is C28H29O3P. The van der Waals surface area contributed by atoms with Crippen molar-refractivity contribution in [2.75, 3.05) is 6.16 Å². The Bertz CT molecular complexity index is 1090. The van der Waals surface area contributed by atoms with Gasteiger partial charge in [0.1, 0.15) is 0 Å². The van der Waals surface area contributed by atoms with Crippen molar-refractivity contribution in [1.82, 2.24) is 0 Å². The molecule has 3 aromatic rings. The van der Waals surface area contributed by atoms with Crippen molar-refractivity contribution in [2.45, 2.75) is 41.5 Å². The molecule has 0 aliphatic heterocycles. The maximum absolute atomic E-state index is 13.8. The molecule has 0 bridgehead atoms. The van der Waals surface area contributed by atoms with Crippen LogP contribution in [0.2, 0.25) is 0 Å². The number of carbonyl (C=O) groups excluding carboxylic acids is 3. The number of hydrogen-bond acceptors (Lipinski definition) is 3. The molecule has 0 amide bonds. The van der Waals surface area contributed by atoms with Gasteiger partial charge < -0.3 is 0 Å². The second-order valence-electron chi connectivity index (χ2n) is 8.53. The molecule has 3 aromatic carbocycles. The third-order valence-corrected chi connectivity index (χ3v) is 7.70. The van der Waals surface area contributed by atoms with Gasteiger partial charge in [-0.1, -0.05) is 65.7 Å². The van der Waals surface area contributed by atoms with E-state index in [1.54, 1.807) is 24.3 Å². The van der Waals surface area contributed by atoms with Crippen LogP contribution in [0, 0.1) is 41.5 Å². The number of Topliss-reactive ketones (excluding diaryl/α,β-unsaturated/α-hetero) is 1. The van der Waals surface area contributed by atoms with Crippen LogP contribution in [-0.2, 0) is 0 Å².